The summed E-state index contributed by atoms with van der Waals surface area (Å²) in [5.41, 5.74) is 0.635. The molecule has 0 atom stereocenters. The number of ether oxygens (including phenoxy) is 1. The van der Waals surface area contributed by atoms with E-state index in [-0.39, 0.29) is 5.75 Å². The average Bonchev–Trinajstić information content (AvgIpc) is 2.69. The van der Waals surface area contributed by atoms with Crippen molar-refractivity contribution in [2.24, 2.45) is 0 Å². The van der Waals surface area contributed by atoms with E-state index in [9.17, 15) is 13.2 Å². The van der Waals surface area contributed by atoms with Crippen molar-refractivity contribution in [2.45, 2.75) is 6.36 Å². The van der Waals surface area contributed by atoms with Crippen molar-refractivity contribution in [3.05, 3.63) is 42.7 Å². The van der Waals surface area contributed by atoms with Gasteiger partial charge >= 0.3 is 6.36 Å². The molecule has 1 aromatic carbocycles. The fourth-order valence-corrected chi connectivity index (χ4v) is 1.18. The first-order chi connectivity index (χ1) is 7.54. The molecule has 1 aromatic heterocycles. The van der Waals surface area contributed by atoms with E-state index in [1.807, 2.05) is 0 Å². The van der Waals surface area contributed by atoms with Crippen molar-refractivity contribution in [2.75, 3.05) is 0 Å². The highest BCUT2D eigenvalue weighted by atomic mass is 19.4. The van der Waals surface area contributed by atoms with E-state index in [0.717, 1.165) is 0 Å². The summed E-state index contributed by atoms with van der Waals surface area (Å²) in [4.78, 5) is 0. The van der Waals surface area contributed by atoms with E-state index in [2.05, 4.69) is 16.0 Å². The number of hydrogen-bond acceptors (Lipinski definition) is 2. The van der Waals surface area contributed by atoms with Gasteiger partial charge in [-0.25, -0.2) is 4.68 Å². The highest BCUT2D eigenvalue weighted by molar-refractivity contribution is 5.36. The Kier molecular flexibility index (Phi) is 2.55. The van der Waals surface area contributed by atoms with E-state index < -0.39 is 6.36 Å². The SMILES string of the molecule is FC(F)(F)Oc1ccc(-n2cc[c]n2)cc1. The summed E-state index contributed by atoms with van der Waals surface area (Å²) in [6.07, 6.45) is -0.444. The molecule has 0 amide bonds. The number of benzene rings is 1. The molecule has 1 radical (unpaired) electrons. The first kappa shape index (κ1) is 10.5. The second kappa shape index (κ2) is 3.88. The maximum absolute atomic E-state index is 11.9. The van der Waals surface area contributed by atoms with Crippen molar-refractivity contribution in [3.8, 4) is 11.4 Å². The molecule has 0 unspecified atom stereocenters. The molecule has 0 spiro atoms. The molecule has 2 aromatic rings. The van der Waals surface area contributed by atoms with Crippen molar-refractivity contribution in [1.29, 1.82) is 0 Å². The van der Waals surface area contributed by atoms with Crippen molar-refractivity contribution in [1.82, 2.24) is 9.78 Å². The lowest BCUT2D eigenvalue weighted by molar-refractivity contribution is -0.274. The van der Waals surface area contributed by atoms with Gasteiger partial charge in [-0.05, 0) is 30.3 Å². The Morgan fingerprint density at radius 2 is 1.88 bits per heavy atom. The lowest BCUT2D eigenvalue weighted by Gasteiger charge is -2.09. The summed E-state index contributed by atoms with van der Waals surface area (Å²) >= 11 is 0. The quantitative estimate of drug-likeness (QED) is 0.788. The summed E-state index contributed by atoms with van der Waals surface area (Å²) in [6, 6.07) is 7.00. The minimum atomic E-state index is -4.67. The molecule has 0 aliphatic carbocycles. The zero-order chi connectivity index (χ0) is 11.6. The van der Waals surface area contributed by atoms with E-state index in [1.165, 1.54) is 28.9 Å². The van der Waals surface area contributed by atoms with Crippen LogP contribution in [0.25, 0.3) is 5.69 Å². The minimum Gasteiger partial charge on any atom is -0.406 e. The molecule has 3 nitrogen and oxygen atoms in total. The van der Waals surface area contributed by atoms with Gasteiger partial charge in [0.25, 0.3) is 0 Å². The van der Waals surface area contributed by atoms with Gasteiger partial charge in [0.15, 0.2) is 0 Å². The average molecular weight is 227 g/mol. The van der Waals surface area contributed by atoms with E-state index in [1.54, 1.807) is 12.3 Å². The molecule has 0 N–H and O–H groups in total. The molecule has 0 saturated carbocycles. The highest BCUT2D eigenvalue weighted by Gasteiger charge is 2.30. The van der Waals surface area contributed by atoms with E-state index in [0.29, 0.717) is 5.69 Å². The summed E-state index contributed by atoms with van der Waals surface area (Å²) in [7, 11) is 0. The van der Waals surface area contributed by atoms with Crippen LogP contribution in [-0.4, -0.2) is 16.1 Å². The van der Waals surface area contributed by atoms with Gasteiger partial charge in [-0.1, -0.05) is 0 Å². The number of aromatic nitrogens is 2. The van der Waals surface area contributed by atoms with Gasteiger partial charge in [0.05, 0.1) is 5.69 Å². The van der Waals surface area contributed by atoms with Crippen LogP contribution in [0.1, 0.15) is 0 Å². The van der Waals surface area contributed by atoms with Crippen LogP contribution >= 0.6 is 0 Å². The first-order valence-electron chi connectivity index (χ1n) is 4.32. The third-order valence-corrected chi connectivity index (χ3v) is 1.79. The van der Waals surface area contributed by atoms with Crippen LogP contribution in [0.5, 0.6) is 5.75 Å². The molecule has 0 aliphatic rings. The Hall–Kier alpha value is -1.98. The standard InChI is InChI=1S/C10H6F3N2O/c11-10(12,13)16-9-4-2-8(3-5-9)15-7-1-6-14-15/h1-5,7H. The topological polar surface area (TPSA) is 27.1 Å². The summed E-state index contributed by atoms with van der Waals surface area (Å²) in [6.45, 7) is 0. The first-order valence-corrected chi connectivity index (χ1v) is 4.32. The second-order valence-corrected chi connectivity index (χ2v) is 2.93. The maximum Gasteiger partial charge on any atom is 0.573 e. The van der Waals surface area contributed by atoms with Gasteiger partial charge in [-0.3, -0.25) is 0 Å². The van der Waals surface area contributed by atoms with Gasteiger partial charge in [0.1, 0.15) is 11.9 Å². The summed E-state index contributed by atoms with van der Waals surface area (Å²) < 4.78 is 40.8. The fourth-order valence-electron chi connectivity index (χ4n) is 1.18. The highest BCUT2D eigenvalue weighted by Crippen LogP contribution is 2.23. The second-order valence-electron chi connectivity index (χ2n) is 2.93. The number of alkyl halides is 3. The van der Waals surface area contributed by atoms with Crippen LogP contribution in [0.2, 0.25) is 0 Å². The number of rotatable bonds is 2. The molecule has 0 fully saturated rings. The predicted molar refractivity (Wildman–Crippen MR) is 49.1 cm³/mol. The molecular formula is C10H6F3N2O. The van der Waals surface area contributed by atoms with Crippen LogP contribution in [0, 0.1) is 6.20 Å². The van der Waals surface area contributed by atoms with Crippen LogP contribution in [-0.2, 0) is 0 Å². The van der Waals surface area contributed by atoms with Gasteiger partial charge < -0.3 is 4.74 Å². The molecule has 6 heteroatoms. The summed E-state index contributed by atoms with van der Waals surface area (Å²) in [5.74, 6) is -0.257. The van der Waals surface area contributed by atoms with Crippen LogP contribution in [0.4, 0.5) is 13.2 Å². The molecule has 0 saturated heterocycles. The number of nitrogens with zero attached hydrogens (tertiary/aromatic N) is 2. The Morgan fingerprint density at radius 1 is 1.19 bits per heavy atom. The molecule has 16 heavy (non-hydrogen) atoms. The van der Waals surface area contributed by atoms with Gasteiger partial charge in [-0.2, -0.15) is 5.10 Å². The Balaban J connectivity index is 2.17. The molecule has 83 valence electrons. The van der Waals surface area contributed by atoms with Crippen LogP contribution in [0.3, 0.4) is 0 Å². The van der Waals surface area contributed by atoms with E-state index in [4.69, 9.17) is 0 Å². The van der Waals surface area contributed by atoms with Crippen LogP contribution in [0.15, 0.2) is 36.5 Å². The lowest BCUT2D eigenvalue weighted by Crippen LogP contribution is -2.17. The Labute approximate surface area is 89.1 Å². The maximum atomic E-state index is 11.9. The molecule has 1 heterocycles. The smallest absolute Gasteiger partial charge is 0.406 e. The number of halogens is 3. The predicted octanol–water partition coefficient (Wildman–Crippen LogP) is 2.57. The molecule has 0 aliphatic heterocycles. The van der Waals surface area contributed by atoms with Gasteiger partial charge in [-0.15, -0.1) is 13.2 Å². The third kappa shape index (κ3) is 2.53. The van der Waals surface area contributed by atoms with Gasteiger partial charge in [0, 0.05) is 6.20 Å². The van der Waals surface area contributed by atoms with E-state index >= 15 is 0 Å². The van der Waals surface area contributed by atoms with Crippen LogP contribution < -0.4 is 4.74 Å². The van der Waals surface area contributed by atoms with Crippen molar-refractivity contribution >= 4 is 0 Å². The molecular weight excluding hydrogens is 221 g/mol. The van der Waals surface area contributed by atoms with Gasteiger partial charge in [0.2, 0.25) is 0 Å². The molecule has 0 bridgehead atoms. The Morgan fingerprint density at radius 3 is 2.38 bits per heavy atom. The monoisotopic (exact) mass is 227 g/mol. The minimum absolute atomic E-state index is 0.257. The fraction of sp³-hybridized carbons (Fsp3) is 0.100. The largest absolute Gasteiger partial charge is 0.573 e. The zero-order valence-corrected chi connectivity index (χ0v) is 7.90. The lowest BCUT2D eigenvalue weighted by atomic mass is 10.3. The normalized spacial score (nSPS) is 11.4. The Bertz CT molecular complexity index is 448. The van der Waals surface area contributed by atoms with Crippen molar-refractivity contribution < 1.29 is 17.9 Å². The number of hydrogen-bond donors (Lipinski definition) is 0. The summed E-state index contributed by atoms with van der Waals surface area (Å²) in [5, 5.41) is 3.82. The zero-order valence-electron chi connectivity index (χ0n) is 7.90. The van der Waals surface area contributed by atoms with Crippen molar-refractivity contribution in [3.63, 3.8) is 0 Å². The third-order valence-electron chi connectivity index (χ3n) is 1.79. The molecule has 2 rings (SSSR count).